The molecule has 0 spiro atoms. The van der Waals surface area contributed by atoms with Gasteiger partial charge in [0.25, 0.3) is 0 Å². The fraction of sp³-hybridized carbons (Fsp3) is 0.476. The monoisotopic (exact) mass is 429 g/mol. The van der Waals surface area contributed by atoms with Crippen LogP contribution in [-0.4, -0.2) is 37.4 Å². The van der Waals surface area contributed by atoms with Gasteiger partial charge in [0.2, 0.25) is 5.95 Å². The predicted octanol–water partition coefficient (Wildman–Crippen LogP) is 4.13. The molecule has 1 fully saturated rings. The summed E-state index contributed by atoms with van der Waals surface area (Å²) in [6.07, 6.45) is 4.33. The Hall–Kier alpha value is -2.58. The van der Waals surface area contributed by atoms with E-state index in [-0.39, 0.29) is 23.8 Å². The maximum absolute atomic E-state index is 9.80. The Balaban J connectivity index is 1.66. The van der Waals surface area contributed by atoms with E-state index in [1.54, 1.807) is 12.1 Å². The Morgan fingerprint density at radius 1 is 1.20 bits per heavy atom. The number of H-pyrrole nitrogens is 1. The standard InChI is InChI=1S/C21H28ClN7O/c1-11(2)17-18-19(29-28-17)20(24-10-12-7-13(22)9-14(30)8-12)27-21(26-18)25-16-6-4-3-5-15(16)23/h7-9,11,15-16,30H,3-6,10,23H2,1-2H3,(H,28,29)(H2,24,25,26,27). The Morgan fingerprint density at radius 3 is 2.73 bits per heavy atom. The van der Waals surface area contributed by atoms with Gasteiger partial charge in [-0.1, -0.05) is 38.3 Å². The fourth-order valence-corrected chi connectivity index (χ4v) is 4.19. The molecule has 1 saturated carbocycles. The Labute approximate surface area is 180 Å². The molecule has 2 atom stereocenters. The smallest absolute Gasteiger partial charge is 0.225 e. The molecule has 1 aliphatic rings. The number of aromatic hydroxyl groups is 1. The van der Waals surface area contributed by atoms with E-state index in [0.717, 1.165) is 42.5 Å². The van der Waals surface area contributed by atoms with Crippen LogP contribution in [0, 0.1) is 0 Å². The molecule has 0 radical (unpaired) electrons. The number of benzene rings is 1. The molecular formula is C21H28ClN7O. The number of rotatable bonds is 6. The molecule has 8 nitrogen and oxygen atoms in total. The maximum Gasteiger partial charge on any atom is 0.225 e. The van der Waals surface area contributed by atoms with E-state index in [0.29, 0.717) is 28.9 Å². The third-order valence-corrected chi connectivity index (χ3v) is 5.76. The van der Waals surface area contributed by atoms with Gasteiger partial charge in [-0.15, -0.1) is 0 Å². The fourth-order valence-electron chi connectivity index (χ4n) is 3.93. The first-order valence-corrected chi connectivity index (χ1v) is 10.8. The highest BCUT2D eigenvalue weighted by Crippen LogP contribution is 2.29. The van der Waals surface area contributed by atoms with Crippen molar-refractivity contribution < 1.29 is 5.11 Å². The number of nitrogens with two attached hydrogens (primary N) is 1. The quantitative estimate of drug-likeness (QED) is 0.399. The van der Waals surface area contributed by atoms with Gasteiger partial charge in [-0.2, -0.15) is 10.1 Å². The van der Waals surface area contributed by atoms with E-state index >= 15 is 0 Å². The minimum Gasteiger partial charge on any atom is -0.508 e. The van der Waals surface area contributed by atoms with Gasteiger partial charge >= 0.3 is 0 Å². The van der Waals surface area contributed by atoms with Crippen LogP contribution in [0.3, 0.4) is 0 Å². The highest BCUT2D eigenvalue weighted by atomic mass is 35.5. The molecule has 6 N–H and O–H groups in total. The third kappa shape index (κ3) is 4.44. The van der Waals surface area contributed by atoms with Crippen molar-refractivity contribution in [3.8, 4) is 5.75 Å². The van der Waals surface area contributed by atoms with E-state index in [4.69, 9.17) is 27.3 Å². The van der Waals surface area contributed by atoms with Crippen LogP contribution in [-0.2, 0) is 6.54 Å². The summed E-state index contributed by atoms with van der Waals surface area (Å²) < 4.78 is 0. The number of hydrogen-bond donors (Lipinski definition) is 5. The number of aromatic nitrogens is 4. The number of halogens is 1. The summed E-state index contributed by atoms with van der Waals surface area (Å²) in [6.45, 7) is 4.63. The zero-order chi connectivity index (χ0) is 21.3. The van der Waals surface area contributed by atoms with Crippen molar-refractivity contribution in [3.05, 3.63) is 34.5 Å². The van der Waals surface area contributed by atoms with Crippen molar-refractivity contribution >= 4 is 34.4 Å². The van der Waals surface area contributed by atoms with E-state index in [2.05, 4.69) is 34.7 Å². The molecule has 160 valence electrons. The zero-order valence-corrected chi connectivity index (χ0v) is 18.0. The van der Waals surface area contributed by atoms with Gasteiger partial charge in [0, 0.05) is 23.7 Å². The minimum absolute atomic E-state index is 0.0952. The number of nitrogens with one attached hydrogen (secondary N) is 3. The van der Waals surface area contributed by atoms with Crippen LogP contribution in [0.25, 0.3) is 11.0 Å². The van der Waals surface area contributed by atoms with E-state index in [1.165, 1.54) is 6.07 Å². The van der Waals surface area contributed by atoms with Crippen LogP contribution in [0.1, 0.15) is 56.7 Å². The lowest BCUT2D eigenvalue weighted by atomic mass is 9.91. The minimum atomic E-state index is 0.0952. The number of aromatic amines is 1. The normalized spacial score (nSPS) is 19.4. The van der Waals surface area contributed by atoms with Crippen molar-refractivity contribution in [3.63, 3.8) is 0 Å². The molecule has 4 rings (SSSR count). The number of phenols is 1. The van der Waals surface area contributed by atoms with Crippen LogP contribution in [0.4, 0.5) is 11.8 Å². The molecule has 2 unspecified atom stereocenters. The second-order valence-electron chi connectivity index (χ2n) is 8.26. The van der Waals surface area contributed by atoms with Gasteiger partial charge in [-0.05, 0) is 42.5 Å². The van der Waals surface area contributed by atoms with E-state index in [9.17, 15) is 5.11 Å². The average Bonchev–Trinajstić information content (AvgIpc) is 3.11. The number of nitrogens with zero attached hydrogens (tertiary/aromatic N) is 3. The van der Waals surface area contributed by atoms with Crippen LogP contribution in [0.15, 0.2) is 18.2 Å². The number of anilines is 2. The largest absolute Gasteiger partial charge is 0.508 e. The number of fused-ring (bicyclic) bond motifs is 1. The summed E-state index contributed by atoms with van der Waals surface area (Å²) >= 11 is 6.06. The van der Waals surface area contributed by atoms with Gasteiger partial charge < -0.3 is 21.5 Å². The first kappa shape index (κ1) is 20.7. The lowest BCUT2D eigenvalue weighted by molar-refractivity contribution is 0.402. The lowest BCUT2D eigenvalue weighted by Gasteiger charge is -2.29. The van der Waals surface area contributed by atoms with Gasteiger partial charge in [0.15, 0.2) is 11.3 Å². The van der Waals surface area contributed by atoms with Crippen molar-refractivity contribution in [2.45, 2.75) is 64.1 Å². The molecule has 9 heteroatoms. The van der Waals surface area contributed by atoms with Crippen molar-refractivity contribution in [2.24, 2.45) is 5.73 Å². The van der Waals surface area contributed by atoms with Gasteiger partial charge in [-0.3, -0.25) is 5.10 Å². The summed E-state index contributed by atoms with van der Waals surface area (Å²) in [7, 11) is 0. The van der Waals surface area contributed by atoms with E-state index in [1.807, 2.05) is 0 Å². The molecule has 0 saturated heterocycles. The summed E-state index contributed by atoms with van der Waals surface area (Å²) in [5.41, 5.74) is 9.60. The summed E-state index contributed by atoms with van der Waals surface area (Å²) in [5, 5.41) is 24.6. The van der Waals surface area contributed by atoms with Crippen molar-refractivity contribution in [1.29, 1.82) is 0 Å². The van der Waals surface area contributed by atoms with Crippen LogP contribution in [0.2, 0.25) is 5.02 Å². The van der Waals surface area contributed by atoms with Gasteiger partial charge in [0.05, 0.1) is 5.69 Å². The molecule has 0 aliphatic heterocycles. The topological polar surface area (TPSA) is 125 Å². The lowest BCUT2D eigenvalue weighted by Crippen LogP contribution is -2.43. The van der Waals surface area contributed by atoms with E-state index < -0.39 is 0 Å². The predicted molar refractivity (Wildman–Crippen MR) is 120 cm³/mol. The highest BCUT2D eigenvalue weighted by Gasteiger charge is 2.24. The van der Waals surface area contributed by atoms with Crippen LogP contribution >= 0.6 is 11.6 Å². The zero-order valence-electron chi connectivity index (χ0n) is 17.2. The summed E-state index contributed by atoms with van der Waals surface area (Å²) in [4.78, 5) is 9.45. The van der Waals surface area contributed by atoms with Crippen LogP contribution < -0.4 is 16.4 Å². The Morgan fingerprint density at radius 2 is 2.00 bits per heavy atom. The van der Waals surface area contributed by atoms with Gasteiger partial charge in [-0.25, -0.2) is 4.98 Å². The number of hydrogen-bond acceptors (Lipinski definition) is 7. The third-order valence-electron chi connectivity index (χ3n) is 5.54. The molecule has 1 aliphatic carbocycles. The van der Waals surface area contributed by atoms with Crippen molar-refractivity contribution in [2.75, 3.05) is 10.6 Å². The van der Waals surface area contributed by atoms with Crippen molar-refractivity contribution in [1.82, 2.24) is 20.2 Å². The second kappa shape index (κ2) is 8.65. The Kier molecular flexibility index (Phi) is 5.97. The molecule has 0 amide bonds. The molecular weight excluding hydrogens is 402 g/mol. The molecule has 0 bridgehead atoms. The van der Waals surface area contributed by atoms with Crippen LogP contribution in [0.5, 0.6) is 5.75 Å². The molecule has 2 aromatic heterocycles. The summed E-state index contributed by atoms with van der Waals surface area (Å²) in [6, 6.07) is 5.23. The Bertz CT molecular complexity index is 1020. The second-order valence-corrected chi connectivity index (χ2v) is 8.69. The molecule has 3 aromatic rings. The summed E-state index contributed by atoms with van der Waals surface area (Å²) in [5.74, 6) is 1.54. The van der Waals surface area contributed by atoms with Gasteiger partial charge in [0.1, 0.15) is 11.3 Å². The first-order chi connectivity index (χ1) is 14.4. The SMILES string of the molecule is CC(C)c1[nH]nc2c(NCc3cc(O)cc(Cl)c3)nc(NC3CCCCC3N)nc12. The molecule has 2 heterocycles. The number of phenolic OH excluding ortho intramolecular Hbond substituents is 1. The highest BCUT2D eigenvalue weighted by molar-refractivity contribution is 6.30. The average molecular weight is 430 g/mol. The molecule has 30 heavy (non-hydrogen) atoms. The first-order valence-electron chi connectivity index (χ1n) is 10.4. The molecule has 1 aromatic carbocycles. The maximum atomic E-state index is 9.80.